The van der Waals surface area contributed by atoms with E-state index in [0.29, 0.717) is 0 Å². The van der Waals surface area contributed by atoms with Crippen LogP contribution in [0.4, 0.5) is 5.69 Å². The highest BCUT2D eigenvalue weighted by molar-refractivity contribution is 5.96. The fourth-order valence-corrected chi connectivity index (χ4v) is 1.55. The van der Waals surface area contributed by atoms with Gasteiger partial charge < -0.3 is 11.1 Å². The average Bonchev–Trinajstić information content (AvgIpc) is 2.74. The van der Waals surface area contributed by atoms with Crippen LogP contribution in [0, 0.1) is 5.92 Å². The molecule has 0 spiro atoms. The molecule has 1 unspecified atom stereocenters. The first kappa shape index (κ1) is 14.5. The molecule has 2 aromatic rings. The number of amides is 1. The molecule has 0 aliphatic heterocycles. The van der Waals surface area contributed by atoms with Crippen molar-refractivity contribution < 1.29 is 4.79 Å². The van der Waals surface area contributed by atoms with Crippen LogP contribution >= 0.6 is 12.4 Å². The smallest absolute Gasteiger partial charge is 0.241 e. The summed E-state index contributed by atoms with van der Waals surface area (Å²) in [5.74, 6) is -0.0458. The van der Waals surface area contributed by atoms with Crippen LogP contribution in [0.3, 0.4) is 0 Å². The molecule has 0 aliphatic carbocycles. The van der Waals surface area contributed by atoms with Crippen LogP contribution in [0.15, 0.2) is 24.4 Å². The van der Waals surface area contributed by atoms with E-state index in [1.807, 2.05) is 32.0 Å². The van der Waals surface area contributed by atoms with E-state index in [0.717, 1.165) is 16.6 Å². The molecular formula is C12H17ClN4O. The zero-order valence-electron chi connectivity index (χ0n) is 10.3. The molecule has 18 heavy (non-hydrogen) atoms. The molecule has 4 N–H and O–H groups in total. The Balaban J connectivity index is 0.00000162. The summed E-state index contributed by atoms with van der Waals surface area (Å²) >= 11 is 0. The number of carbonyl (C=O) groups excluding carboxylic acids is 1. The molecule has 1 heterocycles. The van der Waals surface area contributed by atoms with Gasteiger partial charge in [-0.2, -0.15) is 5.10 Å². The molecule has 0 radical (unpaired) electrons. The first-order valence-electron chi connectivity index (χ1n) is 5.57. The summed E-state index contributed by atoms with van der Waals surface area (Å²) in [5.41, 5.74) is 7.45. The van der Waals surface area contributed by atoms with E-state index in [1.165, 1.54) is 0 Å². The minimum Gasteiger partial charge on any atom is -0.325 e. The van der Waals surface area contributed by atoms with Crippen molar-refractivity contribution in [3.05, 3.63) is 24.4 Å². The number of H-pyrrole nitrogens is 1. The molecular weight excluding hydrogens is 252 g/mol. The molecule has 0 saturated heterocycles. The second-order valence-electron chi connectivity index (χ2n) is 4.43. The molecule has 1 atom stereocenters. The first-order chi connectivity index (χ1) is 8.08. The molecule has 1 amide bonds. The minimum atomic E-state index is -0.491. The third-order valence-corrected chi connectivity index (χ3v) is 2.73. The van der Waals surface area contributed by atoms with Gasteiger partial charge in [-0.15, -0.1) is 12.4 Å². The number of nitrogens with two attached hydrogens (primary N) is 1. The predicted octanol–water partition coefficient (Wildman–Crippen LogP) is 1.91. The maximum Gasteiger partial charge on any atom is 0.241 e. The zero-order chi connectivity index (χ0) is 12.4. The minimum absolute atomic E-state index is 0. The van der Waals surface area contributed by atoms with Gasteiger partial charge in [-0.1, -0.05) is 13.8 Å². The number of nitrogens with one attached hydrogen (secondary N) is 2. The molecule has 0 aliphatic rings. The number of hydrogen-bond acceptors (Lipinski definition) is 3. The van der Waals surface area contributed by atoms with Gasteiger partial charge in [0.2, 0.25) is 5.91 Å². The van der Waals surface area contributed by atoms with Gasteiger partial charge in [-0.3, -0.25) is 9.89 Å². The van der Waals surface area contributed by atoms with E-state index in [4.69, 9.17) is 5.73 Å². The Morgan fingerprint density at radius 2 is 2.17 bits per heavy atom. The van der Waals surface area contributed by atoms with Crippen molar-refractivity contribution in [2.24, 2.45) is 11.7 Å². The standard InChI is InChI=1S/C12H16N4O.ClH/c1-7(2)11(13)12(17)15-9-3-4-10-8(5-9)6-14-16-10;/h3-7,11H,13H2,1-2H3,(H,14,16)(H,15,17);1H. The Hall–Kier alpha value is -1.59. The molecule has 2 rings (SSSR count). The van der Waals surface area contributed by atoms with Gasteiger partial charge in [0.15, 0.2) is 0 Å². The lowest BCUT2D eigenvalue weighted by Crippen LogP contribution is -2.39. The highest BCUT2D eigenvalue weighted by atomic mass is 35.5. The summed E-state index contributed by atoms with van der Waals surface area (Å²) in [6.07, 6.45) is 1.72. The van der Waals surface area contributed by atoms with Gasteiger partial charge in [0.05, 0.1) is 17.8 Å². The Bertz CT molecular complexity index is 538. The predicted molar refractivity (Wildman–Crippen MR) is 74.8 cm³/mol. The summed E-state index contributed by atoms with van der Waals surface area (Å²) in [6, 6.07) is 5.07. The monoisotopic (exact) mass is 268 g/mol. The lowest BCUT2D eigenvalue weighted by molar-refractivity contribution is -0.118. The number of halogens is 1. The van der Waals surface area contributed by atoms with Crippen molar-refractivity contribution >= 4 is 34.9 Å². The van der Waals surface area contributed by atoms with Crippen LogP contribution in [0.25, 0.3) is 10.9 Å². The number of nitrogens with zero attached hydrogens (tertiary/aromatic N) is 1. The number of fused-ring (bicyclic) bond motifs is 1. The van der Waals surface area contributed by atoms with Gasteiger partial charge in [-0.25, -0.2) is 0 Å². The third-order valence-electron chi connectivity index (χ3n) is 2.73. The molecule has 0 saturated carbocycles. The lowest BCUT2D eigenvalue weighted by Gasteiger charge is -2.15. The van der Waals surface area contributed by atoms with Crippen LogP contribution in [0.5, 0.6) is 0 Å². The topological polar surface area (TPSA) is 83.8 Å². The molecule has 0 bridgehead atoms. The van der Waals surface area contributed by atoms with Crippen molar-refractivity contribution in [1.29, 1.82) is 0 Å². The molecule has 1 aromatic heterocycles. The maximum atomic E-state index is 11.8. The quantitative estimate of drug-likeness (QED) is 0.795. The molecule has 0 fully saturated rings. The van der Waals surface area contributed by atoms with E-state index in [9.17, 15) is 4.79 Å². The molecule has 5 nitrogen and oxygen atoms in total. The Labute approximate surface area is 112 Å². The van der Waals surface area contributed by atoms with E-state index < -0.39 is 6.04 Å². The summed E-state index contributed by atoms with van der Waals surface area (Å²) in [4.78, 5) is 11.8. The van der Waals surface area contributed by atoms with Crippen molar-refractivity contribution in [2.45, 2.75) is 19.9 Å². The van der Waals surface area contributed by atoms with E-state index in [2.05, 4.69) is 15.5 Å². The summed E-state index contributed by atoms with van der Waals surface area (Å²) in [5, 5.41) is 10.5. The van der Waals surface area contributed by atoms with Gasteiger partial charge in [-0.05, 0) is 24.1 Å². The second kappa shape index (κ2) is 5.84. The highest BCUT2D eigenvalue weighted by Crippen LogP contribution is 2.17. The Kier molecular flexibility index (Phi) is 4.69. The molecule has 6 heteroatoms. The van der Waals surface area contributed by atoms with Crippen LogP contribution < -0.4 is 11.1 Å². The normalized spacial score (nSPS) is 12.2. The summed E-state index contributed by atoms with van der Waals surface area (Å²) in [7, 11) is 0. The van der Waals surface area contributed by atoms with Gasteiger partial charge in [0.1, 0.15) is 0 Å². The molecule has 1 aromatic carbocycles. The van der Waals surface area contributed by atoms with Gasteiger partial charge in [0.25, 0.3) is 0 Å². The highest BCUT2D eigenvalue weighted by Gasteiger charge is 2.17. The van der Waals surface area contributed by atoms with Crippen LogP contribution in [0.2, 0.25) is 0 Å². The largest absolute Gasteiger partial charge is 0.325 e. The average molecular weight is 269 g/mol. The Morgan fingerprint density at radius 1 is 1.44 bits per heavy atom. The molecule has 98 valence electrons. The first-order valence-corrected chi connectivity index (χ1v) is 5.57. The number of carbonyl (C=O) groups is 1. The number of anilines is 1. The van der Waals surface area contributed by atoms with Crippen molar-refractivity contribution in [2.75, 3.05) is 5.32 Å². The van der Waals surface area contributed by atoms with Crippen molar-refractivity contribution in [3.8, 4) is 0 Å². The van der Waals surface area contributed by atoms with Crippen LogP contribution in [-0.4, -0.2) is 22.1 Å². The third kappa shape index (κ3) is 3.00. The fraction of sp³-hybridized carbons (Fsp3) is 0.333. The van der Waals surface area contributed by atoms with Crippen LogP contribution in [0.1, 0.15) is 13.8 Å². The SMILES string of the molecule is CC(C)C(N)C(=O)Nc1ccc2[nH]ncc2c1.Cl. The second-order valence-corrected chi connectivity index (χ2v) is 4.43. The number of aromatic nitrogens is 2. The lowest BCUT2D eigenvalue weighted by atomic mass is 10.0. The van der Waals surface area contributed by atoms with E-state index >= 15 is 0 Å². The number of aromatic amines is 1. The van der Waals surface area contributed by atoms with Crippen molar-refractivity contribution in [3.63, 3.8) is 0 Å². The zero-order valence-corrected chi connectivity index (χ0v) is 11.1. The summed E-state index contributed by atoms with van der Waals surface area (Å²) < 4.78 is 0. The number of hydrogen-bond donors (Lipinski definition) is 3. The van der Waals surface area contributed by atoms with E-state index in [-0.39, 0.29) is 24.2 Å². The van der Waals surface area contributed by atoms with Gasteiger partial charge in [0, 0.05) is 11.1 Å². The van der Waals surface area contributed by atoms with Gasteiger partial charge >= 0.3 is 0 Å². The van der Waals surface area contributed by atoms with Crippen molar-refractivity contribution in [1.82, 2.24) is 10.2 Å². The van der Waals surface area contributed by atoms with E-state index in [1.54, 1.807) is 6.20 Å². The fourth-order valence-electron chi connectivity index (χ4n) is 1.55. The Morgan fingerprint density at radius 3 is 2.83 bits per heavy atom. The number of rotatable bonds is 3. The number of benzene rings is 1. The maximum absolute atomic E-state index is 11.8. The van der Waals surface area contributed by atoms with Crippen LogP contribution in [-0.2, 0) is 4.79 Å². The summed E-state index contributed by atoms with van der Waals surface area (Å²) in [6.45, 7) is 3.84.